The van der Waals surface area contributed by atoms with E-state index in [-0.39, 0.29) is 23.0 Å². The zero-order valence-corrected chi connectivity index (χ0v) is 18.5. The number of anilines is 2. The van der Waals surface area contributed by atoms with Crippen molar-refractivity contribution in [1.82, 2.24) is 4.98 Å². The molecule has 1 unspecified atom stereocenters. The highest BCUT2D eigenvalue weighted by Crippen LogP contribution is 2.30. The Morgan fingerprint density at radius 1 is 1.07 bits per heavy atom. The number of amides is 2. The van der Waals surface area contributed by atoms with Crippen LogP contribution in [0.5, 0.6) is 0 Å². The molecule has 0 spiro atoms. The number of rotatable bonds is 6. The normalized spacial score (nSPS) is 15.6. The molecule has 1 heterocycles. The number of carbonyl (C=O) groups excluding carboxylic acids is 2. The Morgan fingerprint density at radius 3 is 2.67 bits per heavy atom. The first-order valence-electron chi connectivity index (χ1n) is 10.3. The molecule has 1 fully saturated rings. The Hall–Kier alpha value is -2.38. The van der Waals surface area contributed by atoms with Gasteiger partial charge in [-0.15, -0.1) is 11.8 Å². The summed E-state index contributed by atoms with van der Waals surface area (Å²) in [5.41, 5.74) is 1.67. The zero-order chi connectivity index (χ0) is 20.9. The molecule has 7 heteroatoms. The van der Waals surface area contributed by atoms with Gasteiger partial charge in [0, 0.05) is 16.5 Å². The smallest absolute Gasteiger partial charge is 0.239 e. The average molecular weight is 440 g/mol. The van der Waals surface area contributed by atoms with Crippen LogP contribution in [0.4, 0.5) is 10.8 Å². The van der Waals surface area contributed by atoms with E-state index in [2.05, 4.69) is 15.6 Å². The largest absolute Gasteiger partial charge is 0.326 e. The number of nitrogens with zero attached hydrogens (tertiary/aromatic N) is 1. The van der Waals surface area contributed by atoms with Gasteiger partial charge in [0.15, 0.2) is 5.13 Å². The van der Waals surface area contributed by atoms with Crippen LogP contribution in [0.15, 0.2) is 53.4 Å². The van der Waals surface area contributed by atoms with Gasteiger partial charge in [-0.1, -0.05) is 48.8 Å². The molecule has 3 aromatic rings. The number of aromatic nitrogens is 1. The SMILES string of the molecule is CC(Sc1cccc(NC(=O)C2CCCCC2)c1)C(=O)Nc1nc2ccccc2s1. The second-order valence-electron chi connectivity index (χ2n) is 7.59. The van der Waals surface area contributed by atoms with Crippen LogP contribution < -0.4 is 10.6 Å². The summed E-state index contributed by atoms with van der Waals surface area (Å²) >= 11 is 2.94. The minimum absolute atomic E-state index is 0.0873. The summed E-state index contributed by atoms with van der Waals surface area (Å²) in [5, 5.41) is 6.29. The molecule has 156 valence electrons. The molecule has 30 heavy (non-hydrogen) atoms. The van der Waals surface area contributed by atoms with E-state index in [0.717, 1.165) is 46.5 Å². The first-order chi connectivity index (χ1) is 14.6. The fraction of sp³-hybridized carbons (Fsp3) is 0.348. The molecule has 2 N–H and O–H groups in total. The predicted octanol–water partition coefficient (Wildman–Crippen LogP) is 5.93. The van der Waals surface area contributed by atoms with Crippen molar-refractivity contribution >= 4 is 55.9 Å². The van der Waals surface area contributed by atoms with Crippen LogP contribution in [0.25, 0.3) is 10.2 Å². The van der Waals surface area contributed by atoms with Crippen LogP contribution in [0.1, 0.15) is 39.0 Å². The van der Waals surface area contributed by atoms with Crippen molar-refractivity contribution in [2.24, 2.45) is 5.92 Å². The number of thioether (sulfide) groups is 1. The van der Waals surface area contributed by atoms with Crippen molar-refractivity contribution in [2.45, 2.75) is 49.2 Å². The number of carbonyl (C=O) groups is 2. The molecule has 1 saturated carbocycles. The standard InChI is InChI=1S/C23H25N3O2S2/c1-15(21(27)26-23-25-19-12-5-6-13-20(19)30-23)29-18-11-7-10-17(14-18)24-22(28)16-8-3-2-4-9-16/h5-7,10-16H,2-4,8-9H2,1H3,(H,24,28)(H,25,26,27). The summed E-state index contributed by atoms with van der Waals surface area (Å²) in [6.45, 7) is 1.88. The number of hydrogen-bond donors (Lipinski definition) is 2. The third kappa shape index (κ3) is 5.21. The van der Waals surface area contributed by atoms with Gasteiger partial charge in [-0.05, 0) is 50.1 Å². The van der Waals surface area contributed by atoms with E-state index in [1.807, 2.05) is 55.5 Å². The number of thiazole rings is 1. The van der Waals surface area contributed by atoms with Gasteiger partial charge in [0.25, 0.3) is 0 Å². The van der Waals surface area contributed by atoms with E-state index in [9.17, 15) is 9.59 Å². The minimum atomic E-state index is -0.290. The number of hydrogen-bond acceptors (Lipinski definition) is 5. The summed E-state index contributed by atoms with van der Waals surface area (Å²) in [6.07, 6.45) is 5.45. The number of nitrogens with one attached hydrogen (secondary N) is 2. The van der Waals surface area contributed by atoms with Crippen LogP contribution >= 0.6 is 23.1 Å². The van der Waals surface area contributed by atoms with E-state index < -0.39 is 0 Å². The van der Waals surface area contributed by atoms with Gasteiger partial charge in [0.2, 0.25) is 11.8 Å². The van der Waals surface area contributed by atoms with Gasteiger partial charge >= 0.3 is 0 Å². The molecule has 1 aliphatic carbocycles. The van der Waals surface area contributed by atoms with Crippen molar-refractivity contribution in [3.63, 3.8) is 0 Å². The molecule has 1 aliphatic rings. The number of fused-ring (bicyclic) bond motifs is 1. The maximum Gasteiger partial charge on any atom is 0.239 e. The lowest BCUT2D eigenvalue weighted by Crippen LogP contribution is -2.24. The Kier molecular flexibility index (Phi) is 6.69. The highest BCUT2D eigenvalue weighted by atomic mass is 32.2. The van der Waals surface area contributed by atoms with Crippen LogP contribution in [0.2, 0.25) is 0 Å². The van der Waals surface area contributed by atoms with Gasteiger partial charge < -0.3 is 10.6 Å². The molecule has 1 atom stereocenters. The predicted molar refractivity (Wildman–Crippen MR) is 125 cm³/mol. The lowest BCUT2D eigenvalue weighted by Gasteiger charge is -2.21. The highest BCUT2D eigenvalue weighted by Gasteiger charge is 2.21. The first kappa shape index (κ1) is 20.9. The van der Waals surface area contributed by atoms with E-state index >= 15 is 0 Å². The third-order valence-corrected chi connectivity index (χ3v) is 7.33. The Labute approximate surface area is 184 Å². The maximum absolute atomic E-state index is 12.6. The summed E-state index contributed by atoms with van der Waals surface area (Å²) in [7, 11) is 0. The molecular formula is C23H25N3O2S2. The third-order valence-electron chi connectivity index (χ3n) is 5.28. The maximum atomic E-state index is 12.6. The molecule has 4 rings (SSSR count). The van der Waals surface area contributed by atoms with Gasteiger partial charge in [-0.25, -0.2) is 4.98 Å². The highest BCUT2D eigenvalue weighted by molar-refractivity contribution is 8.00. The van der Waals surface area contributed by atoms with Crippen LogP contribution in [0, 0.1) is 5.92 Å². The van der Waals surface area contributed by atoms with E-state index in [0.29, 0.717) is 5.13 Å². The molecule has 0 radical (unpaired) electrons. The van der Waals surface area contributed by atoms with Gasteiger partial charge in [-0.3, -0.25) is 9.59 Å². The Bertz CT molecular complexity index is 1010. The van der Waals surface area contributed by atoms with E-state index in [4.69, 9.17) is 0 Å². The van der Waals surface area contributed by atoms with Crippen LogP contribution in [0.3, 0.4) is 0 Å². The van der Waals surface area contributed by atoms with Crippen LogP contribution in [-0.4, -0.2) is 22.0 Å². The fourth-order valence-electron chi connectivity index (χ4n) is 3.65. The van der Waals surface area contributed by atoms with Gasteiger partial charge in [0.1, 0.15) is 0 Å². The lowest BCUT2D eigenvalue weighted by molar-refractivity contribution is -0.120. The summed E-state index contributed by atoms with van der Waals surface area (Å²) in [6, 6.07) is 15.5. The van der Waals surface area contributed by atoms with Crippen molar-refractivity contribution in [3.8, 4) is 0 Å². The van der Waals surface area contributed by atoms with Gasteiger partial charge in [0.05, 0.1) is 15.5 Å². The van der Waals surface area contributed by atoms with Crippen molar-refractivity contribution in [2.75, 3.05) is 10.6 Å². The Morgan fingerprint density at radius 2 is 1.87 bits per heavy atom. The lowest BCUT2D eigenvalue weighted by atomic mass is 9.88. The summed E-state index contributed by atoms with van der Waals surface area (Å²) in [4.78, 5) is 30.5. The second-order valence-corrected chi connectivity index (χ2v) is 10.0. The van der Waals surface area contributed by atoms with Crippen molar-refractivity contribution in [3.05, 3.63) is 48.5 Å². The quantitative estimate of drug-likeness (QED) is 0.467. The van der Waals surface area contributed by atoms with Gasteiger partial charge in [-0.2, -0.15) is 0 Å². The number of para-hydroxylation sites is 1. The topological polar surface area (TPSA) is 71.1 Å². The van der Waals surface area contributed by atoms with Crippen molar-refractivity contribution < 1.29 is 9.59 Å². The monoisotopic (exact) mass is 439 g/mol. The molecule has 1 aromatic heterocycles. The first-order valence-corrected chi connectivity index (χ1v) is 12.0. The number of benzene rings is 2. The molecule has 5 nitrogen and oxygen atoms in total. The van der Waals surface area contributed by atoms with Crippen molar-refractivity contribution in [1.29, 1.82) is 0 Å². The Balaban J connectivity index is 1.35. The van der Waals surface area contributed by atoms with E-state index in [1.54, 1.807) is 0 Å². The summed E-state index contributed by atoms with van der Waals surface area (Å²) < 4.78 is 1.05. The zero-order valence-electron chi connectivity index (χ0n) is 16.9. The molecule has 2 amide bonds. The van der Waals surface area contributed by atoms with E-state index in [1.165, 1.54) is 29.5 Å². The molecule has 2 aromatic carbocycles. The summed E-state index contributed by atoms with van der Waals surface area (Å²) in [5.74, 6) is 0.141. The average Bonchev–Trinajstić information content (AvgIpc) is 3.17. The molecule has 0 aliphatic heterocycles. The molecule has 0 saturated heterocycles. The molecular weight excluding hydrogens is 414 g/mol. The minimum Gasteiger partial charge on any atom is -0.326 e. The van der Waals surface area contributed by atoms with Crippen LogP contribution in [-0.2, 0) is 9.59 Å². The second kappa shape index (κ2) is 9.62. The fourth-order valence-corrected chi connectivity index (χ4v) is 5.44. The molecule has 0 bridgehead atoms.